The van der Waals surface area contributed by atoms with Crippen LogP contribution < -0.4 is 21.0 Å². The second kappa shape index (κ2) is 21.4. The SMILES string of the molecule is CCCCC(CC)CNC.CNc1ccc(C)c(/C(C)=N/NC(C)C=O)c1.O=Cc1cc(F)cc(N2CCOCC2)c1. The first-order valence-corrected chi connectivity index (χ1v) is 15.0. The van der Waals surface area contributed by atoms with Crippen molar-refractivity contribution in [3.8, 4) is 0 Å². The number of unbranched alkanes of at least 4 members (excludes halogenated alkanes) is 1. The van der Waals surface area contributed by atoms with Crippen molar-refractivity contribution >= 4 is 29.7 Å². The molecule has 0 aliphatic carbocycles. The van der Waals surface area contributed by atoms with E-state index in [0.29, 0.717) is 25.1 Å². The molecule has 1 saturated heterocycles. The summed E-state index contributed by atoms with van der Waals surface area (Å²) in [7, 11) is 3.92. The van der Waals surface area contributed by atoms with Crippen molar-refractivity contribution in [2.24, 2.45) is 11.0 Å². The largest absolute Gasteiger partial charge is 0.388 e. The third-order valence-electron chi connectivity index (χ3n) is 7.01. The quantitative estimate of drug-likeness (QED) is 0.155. The molecule has 0 aromatic heterocycles. The summed E-state index contributed by atoms with van der Waals surface area (Å²) in [4.78, 5) is 23.1. The van der Waals surface area contributed by atoms with Gasteiger partial charge in [-0.25, -0.2) is 4.39 Å². The molecular weight excluding hydrogens is 533 g/mol. The fraction of sp³-hybridized carbons (Fsp3) is 0.545. The van der Waals surface area contributed by atoms with E-state index < -0.39 is 0 Å². The summed E-state index contributed by atoms with van der Waals surface area (Å²) in [6.45, 7) is 14.2. The minimum Gasteiger partial charge on any atom is -0.388 e. The van der Waals surface area contributed by atoms with Gasteiger partial charge in [0.2, 0.25) is 0 Å². The molecule has 0 bridgehead atoms. The molecule has 0 radical (unpaired) electrons. The Kier molecular flexibility index (Phi) is 18.7. The highest BCUT2D eigenvalue weighted by Crippen LogP contribution is 2.19. The molecule has 8 nitrogen and oxygen atoms in total. The lowest BCUT2D eigenvalue weighted by molar-refractivity contribution is -0.109. The standard InChI is InChI=1S/C13H19N3O.C11H12FNO2.C9H21N/c1-9-5-6-12(14-4)7-13(9)11(3)16-15-10(2)8-17;12-10-5-9(8-14)6-11(7-10)13-1-3-15-4-2-13;1-4-6-7-9(5-2)8-10-3/h5-8,10,14-15H,1-4H3;5-8H,1-4H2;9-10H,4-8H2,1-3H3/b16-11+;;. The molecule has 2 unspecified atom stereocenters. The molecule has 2 atom stereocenters. The lowest BCUT2D eigenvalue weighted by Crippen LogP contribution is -2.36. The van der Waals surface area contributed by atoms with Crippen LogP contribution >= 0.6 is 0 Å². The maximum absolute atomic E-state index is 13.2. The van der Waals surface area contributed by atoms with Crippen LogP contribution in [0.15, 0.2) is 41.5 Å². The van der Waals surface area contributed by atoms with Crippen LogP contribution in [0.2, 0.25) is 0 Å². The van der Waals surface area contributed by atoms with Crippen molar-refractivity contribution in [1.82, 2.24) is 10.7 Å². The smallest absolute Gasteiger partial charge is 0.150 e. The highest BCUT2D eigenvalue weighted by Gasteiger charge is 2.12. The fourth-order valence-electron chi connectivity index (χ4n) is 4.36. The van der Waals surface area contributed by atoms with E-state index in [2.05, 4.69) is 35.0 Å². The van der Waals surface area contributed by atoms with Crippen LogP contribution in [0, 0.1) is 18.7 Å². The normalized spacial score (nSPS) is 14.4. The minimum absolute atomic E-state index is 0.266. The van der Waals surface area contributed by atoms with Crippen LogP contribution in [0.5, 0.6) is 0 Å². The zero-order chi connectivity index (χ0) is 31.3. The van der Waals surface area contributed by atoms with Gasteiger partial charge in [0.25, 0.3) is 0 Å². The van der Waals surface area contributed by atoms with Crippen LogP contribution in [-0.2, 0) is 9.53 Å². The summed E-state index contributed by atoms with van der Waals surface area (Å²) in [5, 5.41) is 10.5. The van der Waals surface area contributed by atoms with Crippen LogP contribution in [0.25, 0.3) is 0 Å². The van der Waals surface area contributed by atoms with Gasteiger partial charge in [0, 0.05) is 42.6 Å². The molecule has 1 aliphatic rings. The predicted octanol–water partition coefficient (Wildman–Crippen LogP) is 5.83. The first-order chi connectivity index (χ1) is 20.2. The second-order valence-corrected chi connectivity index (χ2v) is 10.5. The molecule has 1 heterocycles. The number of aryl methyl sites for hydroxylation is 1. The number of morpholine rings is 1. The van der Waals surface area contributed by atoms with Crippen molar-refractivity contribution in [2.45, 2.75) is 66.3 Å². The van der Waals surface area contributed by atoms with Crippen molar-refractivity contribution in [3.05, 3.63) is 58.9 Å². The molecule has 234 valence electrons. The van der Waals surface area contributed by atoms with Gasteiger partial charge in [0.15, 0.2) is 0 Å². The number of nitrogens with one attached hydrogen (secondary N) is 3. The van der Waals surface area contributed by atoms with Crippen LogP contribution in [0.3, 0.4) is 0 Å². The molecule has 1 fully saturated rings. The summed E-state index contributed by atoms with van der Waals surface area (Å²) in [6.07, 6.45) is 6.93. The minimum atomic E-state index is -0.374. The average Bonchev–Trinajstić information content (AvgIpc) is 3.02. The van der Waals surface area contributed by atoms with Crippen molar-refractivity contribution in [2.75, 3.05) is 57.2 Å². The lowest BCUT2D eigenvalue weighted by atomic mass is 10.00. The average molecular weight is 586 g/mol. The van der Waals surface area contributed by atoms with Gasteiger partial charge >= 0.3 is 0 Å². The predicted molar refractivity (Wildman–Crippen MR) is 174 cm³/mol. The van der Waals surface area contributed by atoms with Gasteiger partial charge in [-0.1, -0.05) is 39.2 Å². The zero-order valence-corrected chi connectivity index (χ0v) is 26.6. The summed E-state index contributed by atoms with van der Waals surface area (Å²) in [5.74, 6) is 0.533. The Morgan fingerprint density at radius 2 is 1.83 bits per heavy atom. The van der Waals surface area contributed by atoms with Crippen molar-refractivity contribution in [1.29, 1.82) is 0 Å². The van der Waals surface area contributed by atoms with Gasteiger partial charge in [-0.05, 0) is 82.6 Å². The van der Waals surface area contributed by atoms with Gasteiger partial charge in [0.1, 0.15) is 18.4 Å². The number of nitrogens with zero attached hydrogens (tertiary/aromatic N) is 2. The van der Waals surface area contributed by atoms with Gasteiger partial charge in [0.05, 0.1) is 25.0 Å². The number of carbonyl (C=O) groups excluding carboxylic acids is 2. The summed E-state index contributed by atoms with van der Waals surface area (Å²) >= 11 is 0. The fourth-order valence-corrected chi connectivity index (χ4v) is 4.36. The van der Waals surface area contributed by atoms with E-state index in [0.717, 1.165) is 53.5 Å². The molecule has 3 N–H and O–H groups in total. The number of rotatable bonds is 13. The number of ether oxygens (including phenoxy) is 1. The Morgan fingerprint density at radius 1 is 1.12 bits per heavy atom. The van der Waals surface area contributed by atoms with Gasteiger partial charge in [-0.15, -0.1) is 0 Å². The van der Waals surface area contributed by atoms with Gasteiger partial charge < -0.3 is 25.1 Å². The lowest BCUT2D eigenvalue weighted by Gasteiger charge is -2.29. The zero-order valence-electron chi connectivity index (χ0n) is 26.6. The molecule has 9 heteroatoms. The maximum atomic E-state index is 13.2. The van der Waals surface area contributed by atoms with E-state index in [9.17, 15) is 14.0 Å². The molecule has 42 heavy (non-hydrogen) atoms. The van der Waals surface area contributed by atoms with Gasteiger partial charge in [-0.3, -0.25) is 10.2 Å². The molecule has 3 rings (SSSR count). The number of hydrazone groups is 1. The second-order valence-electron chi connectivity index (χ2n) is 10.5. The number of anilines is 2. The molecule has 1 aliphatic heterocycles. The van der Waals surface area contributed by atoms with E-state index in [1.165, 1.54) is 44.4 Å². The number of aldehydes is 2. The van der Waals surface area contributed by atoms with Crippen molar-refractivity contribution in [3.63, 3.8) is 0 Å². The van der Waals surface area contributed by atoms with Crippen molar-refractivity contribution < 1.29 is 18.7 Å². The molecule has 2 aromatic carbocycles. The first kappa shape index (κ1) is 36.7. The molecule has 0 saturated carbocycles. The van der Waals surface area contributed by atoms with Gasteiger partial charge in [-0.2, -0.15) is 5.10 Å². The Morgan fingerprint density at radius 3 is 2.40 bits per heavy atom. The highest BCUT2D eigenvalue weighted by atomic mass is 19.1. The molecule has 0 spiro atoms. The first-order valence-electron chi connectivity index (χ1n) is 15.0. The third kappa shape index (κ3) is 14.0. The number of hydrogen-bond acceptors (Lipinski definition) is 8. The third-order valence-corrected chi connectivity index (χ3v) is 7.01. The van der Waals surface area contributed by atoms with Crippen LogP contribution in [0.1, 0.15) is 74.9 Å². The molecular formula is C33H52FN5O3. The topological polar surface area (TPSA) is 95.1 Å². The van der Waals surface area contributed by atoms with E-state index in [1.54, 1.807) is 13.0 Å². The number of halogens is 1. The summed E-state index contributed by atoms with van der Waals surface area (Å²) in [6, 6.07) is 10.2. The molecule has 2 aromatic rings. The van der Waals surface area contributed by atoms with E-state index in [1.807, 2.05) is 51.0 Å². The number of hydrogen-bond donors (Lipinski definition) is 3. The van der Waals surface area contributed by atoms with E-state index >= 15 is 0 Å². The maximum Gasteiger partial charge on any atom is 0.150 e. The van der Waals surface area contributed by atoms with Crippen LogP contribution in [0.4, 0.5) is 15.8 Å². The Balaban J connectivity index is 0.000000326. The van der Waals surface area contributed by atoms with E-state index in [-0.39, 0.29) is 11.9 Å². The Hall–Kier alpha value is -3.30. The monoisotopic (exact) mass is 585 g/mol. The highest BCUT2D eigenvalue weighted by molar-refractivity contribution is 6.00. The Labute approximate surface area is 252 Å². The number of benzene rings is 2. The molecule has 0 amide bonds. The summed E-state index contributed by atoms with van der Waals surface area (Å²) in [5.41, 5.74) is 8.06. The van der Waals surface area contributed by atoms with E-state index in [4.69, 9.17) is 4.74 Å². The summed E-state index contributed by atoms with van der Waals surface area (Å²) < 4.78 is 18.4. The number of carbonyl (C=O) groups is 2. The van der Waals surface area contributed by atoms with Crippen LogP contribution in [-0.4, -0.2) is 71.3 Å². The Bertz CT molecular complexity index is 1090.